The number of hydrogen-bond donors (Lipinski definition) is 1. The third-order valence-corrected chi connectivity index (χ3v) is 4.62. The van der Waals surface area contributed by atoms with E-state index in [1.165, 1.54) is 42.0 Å². The fourth-order valence-corrected chi connectivity index (χ4v) is 3.65. The summed E-state index contributed by atoms with van der Waals surface area (Å²) in [5, 5.41) is 6.47. The molecule has 1 N–H and O–H groups in total. The number of pyridine rings is 1. The zero-order valence-corrected chi connectivity index (χ0v) is 10.5. The standard InChI is InChI=1S/C16H18N2/c1-3-12-11-17-10-7-14(12)15(4-1)16(13-5-6-13)8-2-9-18-16/h1,3-4,7,10-11,13,18H,2,5-6,8-9H2. The SMILES string of the molecule is c1cc(C2(C3CC3)CCCN2)c2ccncc2c1. The van der Waals surface area contributed by atoms with Crippen LogP contribution in [-0.4, -0.2) is 11.5 Å². The first-order valence-electron chi connectivity index (χ1n) is 6.98. The van der Waals surface area contributed by atoms with Gasteiger partial charge in [0, 0.05) is 23.3 Å². The van der Waals surface area contributed by atoms with Crippen LogP contribution < -0.4 is 5.32 Å². The number of nitrogens with zero attached hydrogens (tertiary/aromatic N) is 1. The second kappa shape index (κ2) is 3.79. The smallest absolute Gasteiger partial charge is 0.0469 e. The molecule has 1 aromatic heterocycles. The van der Waals surface area contributed by atoms with Crippen LogP contribution in [0.25, 0.3) is 10.8 Å². The highest BCUT2D eigenvalue weighted by molar-refractivity contribution is 5.85. The molecule has 0 spiro atoms. The third kappa shape index (κ3) is 1.42. The summed E-state index contributed by atoms with van der Waals surface area (Å²) in [6.45, 7) is 1.16. The Morgan fingerprint density at radius 3 is 2.94 bits per heavy atom. The van der Waals surface area contributed by atoms with Crippen LogP contribution in [0.1, 0.15) is 31.2 Å². The van der Waals surface area contributed by atoms with Gasteiger partial charge in [-0.2, -0.15) is 0 Å². The van der Waals surface area contributed by atoms with Crippen molar-refractivity contribution in [3.05, 3.63) is 42.2 Å². The summed E-state index contributed by atoms with van der Waals surface area (Å²) in [5.41, 5.74) is 1.75. The quantitative estimate of drug-likeness (QED) is 0.869. The molecule has 2 aliphatic rings. The van der Waals surface area contributed by atoms with E-state index in [1.54, 1.807) is 0 Å². The second-order valence-corrected chi connectivity index (χ2v) is 5.68. The molecule has 4 rings (SSSR count). The Hall–Kier alpha value is -1.41. The predicted molar refractivity (Wildman–Crippen MR) is 73.4 cm³/mol. The average molecular weight is 238 g/mol. The average Bonchev–Trinajstić information content (AvgIpc) is 3.17. The normalized spacial score (nSPS) is 27.8. The molecule has 2 heterocycles. The molecule has 92 valence electrons. The van der Waals surface area contributed by atoms with Crippen molar-refractivity contribution in [1.29, 1.82) is 0 Å². The maximum atomic E-state index is 4.24. The summed E-state index contributed by atoms with van der Waals surface area (Å²) in [5.74, 6) is 0.846. The number of hydrogen-bond acceptors (Lipinski definition) is 2. The minimum absolute atomic E-state index is 0.251. The highest BCUT2D eigenvalue weighted by Crippen LogP contribution is 2.51. The zero-order chi connectivity index (χ0) is 12.0. The van der Waals surface area contributed by atoms with E-state index in [2.05, 4.69) is 34.6 Å². The lowest BCUT2D eigenvalue weighted by Gasteiger charge is -2.31. The summed E-state index contributed by atoms with van der Waals surface area (Å²) in [6, 6.07) is 8.85. The van der Waals surface area contributed by atoms with Crippen molar-refractivity contribution >= 4 is 10.8 Å². The van der Waals surface area contributed by atoms with E-state index in [4.69, 9.17) is 0 Å². The van der Waals surface area contributed by atoms with Crippen LogP contribution in [0.15, 0.2) is 36.7 Å². The van der Waals surface area contributed by atoms with Gasteiger partial charge in [-0.1, -0.05) is 18.2 Å². The number of nitrogens with one attached hydrogen (secondary N) is 1. The van der Waals surface area contributed by atoms with Gasteiger partial charge in [0.25, 0.3) is 0 Å². The molecule has 2 aromatic rings. The summed E-state index contributed by atoms with van der Waals surface area (Å²) < 4.78 is 0. The fraction of sp³-hybridized carbons (Fsp3) is 0.438. The number of rotatable bonds is 2. The minimum atomic E-state index is 0.251. The van der Waals surface area contributed by atoms with E-state index < -0.39 is 0 Å². The summed E-state index contributed by atoms with van der Waals surface area (Å²) in [4.78, 5) is 4.24. The molecule has 1 atom stereocenters. The Morgan fingerprint density at radius 2 is 2.17 bits per heavy atom. The van der Waals surface area contributed by atoms with Crippen molar-refractivity contribution in [1.82, 2.24) is 10.3 Å². The van der Waals surface area contributed by atoms with Crippen LogP contribution in [0.2, 0.25) is 0 Å². The minimum Gasteiger partial charge on any atom is -0.307 e. The van der Waals surface area contributed by atoms with Crippen LogP contribution >= 0.6 is 0 Å². The molecule has 0 radical (unpaired) electrons. The van der Waals surface area contributed by atoms with Gasteiger partial charge in [-0.3, -0.25) is 4.98 Å². The second-order valence-electron chi connectivity index (χ2n) is 5.68. The molecular weight excluding hydrogens is 220 g/mol. The molecule has 2 fully saturated rings. The van der Waals surface area contributed by atoms with Crippen LogP contribution in [0.5, 0.6) is 0 Å². The number of aromatic nitrogens is 1. The van der Waals surface area contributed by atoms with E-state index in [0.29, 0.717) is 0 Å². The molecule has 1 aromatic carbocycles. The van der Waals surface area contributed by atoms with Gasteiger partial charge in [-0.15, -0.1) is 0 Å². The topological polar surface area (TPSA) is 24.9 Å². The first kappa shape index (κ1) is 10.5. The molecule has 0 bridgehead atoms. The van der Waals surface area contributed by atoms with Gasteiger partial charge in [0.05, 0.1) is 0 Å². The molecule has 1 unspecified atom stereocenters. The lowest BCUT2D eigenvalue weighted by Crippen LogP contribution is -2.39. The highest BCUT2D eigenvalue weighted by atomic mass is 15.0. The van der Waals surface area contributed by atoms with E-state index >= 15 is 0 Å². The molecule has 2 nitrogen and oxygen atoms in total. The molecule has 1 saturated carbocycles. The third-order valence-electron chi connectivity index (χ3n) is 4.62. The fourth-order valence-electron chi connectivity index (χ4n) is 3.65. The number of benzene rings is 1. The Labute approximate surface area is 107 Å². The zero-order valence-electron chi connectivity index (χ0n) is 10.5. The summed E-state index contributed by atoms with van der Waals surface area (Å²) in [7, 11) is 0. The molecule has 1 aliphatic carbocycles. The van der Waals surface area contributed by atoms with Gasteiger partial charge in [0.1, 0.15) is 0 Å². The highest BCUT2D eigenvalue weighted by Gasteiger charge is 2.48. The van der Waals surface area contributed by atoms with Crippen molar-refractivity contribution in [3.8, 4) is 0 Å². The lowest BCUT2D eigenvalue weighted by molar-refractivity contribution is 0.339. The van der Waals surface area contributed by atoms with Crippen molar-refractivity contribution in [2.24, 2.45) is 5.92 Å². The lowest BCUT2D eigenvalue weighted by atomic mass is 9.81. The Balaban J connectivity index is 1.95. The van der Waals surface area contributed by atoms with Crippen molar-refractivity contribution in [2.45, 2.75) is 31.2 Å². The van der Waals surface area contributed by atoms with Gasteiger partial charge in [-0.25, -0.2) is 0 Å². The molecule has 1 aliphatic heterocycles. The predicted octanol–water partition coefficient (Wildman–Crippen LogP) is 3.22. The number of fused-ring (bicyclic) bond motifs is 1. The molecule has 1 saturated heterocycles. The van der Waals surface area contributed by atoms with Gasteiger partial charge in [0.15, 0.2) is 0 Å². The monoisotopic (exact) mass is 238 g/mol. The van der Waals surface area contributed by atoms with Gasteiger partial charge >= 0.3 is 0 Å². The van der Waals surface area contributed by atoms with E-state index in [-0.39, 0.29) is 5.54 Å². The van der Waals surface area contributed by atoms with Gasteiger partial charge in [-0.05, 0) is 55.2 Å². The Bertz CT molecular complexity index is 575. The Morgan fingerprint density at radius 1 is 1.22 bits per heavy atom. The van der Waals surface area contributed by atoms with Crippen LogP contribution in [0.3, 0.4) is 0 Å². The first-order valence-corrected chi connectivity index (χ1v) is 6.98. The molecule has 2 heteroatoms. The molecule has 0 amide bonds. The van der Waals surface area contributed by atoms with Crippen LogP contribution in [0, 0.1) is 5.92 Å². The Kier molecular flexibility index (Phi) is 2.21. The molecule has 18 heavy (non-hydrogen) atoms. The van der Waals surface area contributed by atoms with Crippen LogP contribution in [0.4, 0.5) is 0 Å². The van der Waals surface area contributed by atoms with Gasteiger partial charge < -0.3 is 5.32 Å². The molecular formula is C16H18N2. The van der Waals surface area contributed by atoms with E-state index in [0.717, 1.165) is 12.5 Å². The van der Waals surface area contributed by atoms with Gasteiger partial charge in [0.2, 0.25) is 0 Å². The maximum Gasteiger partial charge on any atom is 0.0469 e. The largest absolute Gasteiger partial charge is 0.307 e. The summed E-state index contributed by atoms with van der Waals surface area (Å²) >= 11 is 0. The van der Waals surface area contributed by atoms with Crippen LogP contribution in [-0.2, 0) is 5.54 Å². The van der Waals surface area contributed by atoms with E-state index in [9.17, 15) is 0 Å². The maximum absolute atomic E-state index is 4.24. The first-order chi connectivity index (χ1) is 8.90. The van der Waals surface area contributed by atoms with Crippen molar-refractivity contribution in [3.63, 3.8) is 0 Å². The van der Waals surface area contributed by atoms with E-state index in [1.807, 2.05) is 12.4 Å². The van der Waals surface area contributed by atoms with Crippen molar-refractivity contribution in [2.75, 3.05) is 6.54 Å². The summed E-state index contributed by atoms with van der Waals surface area (Å²) in [6.07, 6.45) is 9.26. The van der Waals surface area contributed by atoms with Crippen molar-refractivity contribution < 1.29 is 0 Å².